The molecule has 2 N–H and O–H groups in total. The summed E-state index contributed by atoms with van der Waals surface area (Å²) in [7, 11) is 0. The lowest BCUT2D eigenvalue weighted by Gasteiger charge is -2.38. The van der Waals surface area contributed by atoms with E-state index in [9.17, 15) is 0 Å². The summed E-state index contributed by atoms with van der Waals surface area (Å²) in [6.07, 6.45) is 6.55. The molecule has 1 rings (SSSR count). The minimum absolute atomic E-state index is 0.431. The highest BCUT2D eigenvalue weighted by Gasteiger charge is 2.26. The maximum atomic E-state index is 5.65. The number of piperidine rings is 1. The molecule has 0 aromatic rings. The number of nitrogens with two attached hydrogens (primary N) is 1. The normalized spacial score (nSPS) is 21.7. The van der Waals surface area contributed by atoms with Crippen LogP contribution < -0.4 is 5.73 Å². The molecule has 0 saturated carbocycles. The predicted molar refractivity (Wildman–Crippen MR) is 76.1 cm³/mol. The molecule has 1 fully saturated rings. The molecule has 0 spiro atoms. The van der Waals surface area contributed by atoms with E-state index < -0.39 is 0 Å². The van der Waals surface area contributed by atoms with Crippen LogP contribution in [-0.4, -0.2) is 31.1 Å². The van der Waals surface area contributed by atoms with E-state index in [1.54, 1.807) is 0 Å². The summed E-state index contributed by atoms with van der Waals surface area (Å²) < 4.78 is 0. The molecule has 1 saturated heterocycles. The highest BCUT2D eigenvalue weighted by atomic mass is 15.1. The molecule has 0 unspecified atom stereocenters. The fourth-order valence-electron chi connectivity index (χ4n) is 3.03. The van der Waals surface area contributed by atoms with Gasteiger partial charge in [0, 0.05) is 6.54 Å². The number of rotatable bonds is 6. The Hall–Kier alpha value is -0.0800. The van der Waals surface area contributed by atoms with Gasteiger partial charge in [0.25, 0.3) is 0 Å². The third kappa shape index (κ3) is 5.87. The molecule has 0 radical (unpaired) electrons. The maximum Gasteiger partial charge on any atom is 0.00327 e. The summed E-state index contributed by atoms with van der Waals surface area (Å²) in [5.74, 6) is 0. The average Bonchev–Trinajstić information content (AvgIpc) is 2.15. The van der Waals surface area contributed by atoms with Gasteiger partial charge in [0.15, 0.2) is 0 Å². The van der Waals surface area contributed by atoms with Crippen LogP contribution in [0, 0.1) is 10.8 Å². The van der Waals surface area contributed by atoms with E-state index in [0.29, 0.717) is 10.8 Å². The first-order chi connectivity index (χ1) is 7.85. The Labute approximate surface area is 108 Å². The molecule has 1 aliphatic rings. The van der Waals surface area contributed by atoms with Crippen molar-refractivity contribution in [3.63, 3.8) is 0 Å². The summed E-state index contributed by atoms with van der Waals surface area (Å²) in [4.78, 5) is 2.65. The van der Waals surface area contributed by atoms with Crippen molar-refractivity contribution in [2.24, 2.45) is 16.6 Å². The first-order valence-electron chi connectivity index (χ1n) is 7.27. The number of nitrogens with zero attached hydrogens (tertiary/aromatic N) is 1. The number of likely N-dealkylation sites (tertiary alicyclic amines) is 1. The van der Waals surface area contributed by atoms with Crippen LogP contribution in [0.1, 0.15) is 59.8 Å². The Balaban J connectivity index is 2.22. The third-order valence-corrected chi connectivity index (χ3v) is 4.13. The topological polar surface area (TPSA) is 29.3 Å². The molecule has 2 heteroatoms. The first kappa shape index (κ1) is 15.0. The van der Waals surface area contributed by atoms with E-state index in [1.165, 1.54) is 45.3 Å². The third-order valence-electron chi connectivity index (χ3n) is 4.13. The first-order valence-corrected chi connectivity index (χ1v) is 7.27. The molecular formula is C15H32N2. The zero-order valence-electron chi connectivity index (χ0n) is 12.4. The number of hydrogen-bond acceptors (Lipinski definition) is 2. The second-order valence-corrected chi connectivity index (χ2v) is 7.35. The second kappa shape index (κ2) is 6.19. The smallest absolute Gasteiger partial charge is 0.00327 e. The van der Waals surface area contributed by atoms with E-state index in [0.717, 1.165) is 13.0 Å². The zero-order chi connectivity index (χ0) is 12.9. The predicted octanol–water partition coefficient (Wildman–Crippen LogP) is 3.26. The summed E-state index contributed by atoms with van der Waals surface area (Å²) in [5, 5.41) is 0. The largest absolute Gasteiger partial charge is 0.330 e. The molecule has 1 heterocycles. The van der Waals surface area contributed by atoms with Gasteiger partial charge in [-0.3, -0.25) is 0 Å². The van der Waals surface area contributed by atoms with Crippen LogP contribution >= 0.6 is 0 Å². The van der Waals surface area contributed by atoms with Gasteiger partial charge in [0.2, 0.25) is 0 Å². The molecular weight excluding hydrogens is 208 g/mol. The zero-order valence-corrected chi connectivity index (χ0v) is 12.4. The van der Waals surface area contributed by atoms with E-state index in [4.69, 9.17) is 5.73 Å². The minimum atomic E-state index is 0.431. The highest BCUT2D eigenvalue weighted by Crippen LogP contribution is 2.30. The lowest BCUT2D eigenvalue weighted by molar-refractivity contribution is 0.112. The van der Waals surface area contributed by atoms with Crippen LogP contribution in [0.15, 0.2) is 0 Å². The Morgan fingerprint density at radius 2 is 1.94 bits per heavy atom. The van der Waals surface area contributed by atoms with E-state index >= 15 is 0 Å². The summed E-state index contributed by atoms with van der Waals surface area (Å²) in [6, 6.07) is 0. The van der Waals surface area contributed by atoms with E-state index in [1.807, 2.05) is 0 Å². The molecule has 0 aliphatic carbocycles. The average molecular weight is 240 g/mol. The SMILES string of the molecule is CC(C)(CCN)CCCN1CCCC(C)(C)C1. The van der Waals surface area contributed by atoms with Crippen molar-refractivity contribution in [2.45, 2.75) is 59.8 Å². The van der Waals surface area contributed by atoms with Crippen LogP contribution in [0.5, 0.6) is 0 Å². The highest BCUT2D eigenvalue weighted by molar-refractivity contribution is 4.80. The van der Waals surface area contributed by atoms with Gasteiger partial charge in [0.05, 0.1) is 0 Å². The molecule has 2 nitrogen and oxygen atoms in total. The molecule has 0 bridgehead atoms. The minimum Gasteiger partial charge on any atom is -0.330 e. The van der Waals surface area contributed by atoms with Crippen molar-refractivity contribution in [1.82, 2.24) is 4.90 Å². The van der Waals surface area contributed by atoms with Crippen LogP contribution in [0.3, 0.4) is 0 Å². The van der Waals surface area contributed by atoms with Gasteiger partial charge in [-0.05, 0) is 62.6 Å². The molecule has 0 aromatic carbocycles. The monoisotopic (exact) mass is 240 g/mol. The van der Waals surface area contributed by atoms with Gasteiger partial charge in [-0.2, -0.15) is 0 Å². The molecule has 0 amide bonds. The van der Waals surface area contributed by atoms with Crippen molar-refractivity contribution >= 4 is 0 Å². The molecule has 17 heavy (non-hydrogen) atoms. The lowest BCUT2D eigenvalue weighted by Crippen LogP contribution is -2.40. The summed E-state index contributed by atoms with van der Waals surface area (Å²) in [5.41, 5.74) is 6.62. The van der Waals surface area contributed by atoms with Crippen LogP contribution in [0.4, 0.5) is 0 Å². The molecule has 102 valence electrons. The Bertz CT molecular complexity index is 221. The van der Waals surface area contributed by atoms with Gasteiger partial charge < -0.3 is 10.6 Å². The molecule has 1 aliphatic heterocycles. The fourth-order valence-corrected chi connectivity index (χ4v) is 3.03. The van der Waals surface area contributed by atoms with Gasteiger partial charge in [0.1, 0.15) is 0 Å². The van der Waals surface area contributed by atoms with Crippen LogP contribution in [-0.2, 0) is 0 Å². The van der Waals surface area contributed by atoms with Crippen LogP contribution in [0.25, 0.3) is 0 Å². The van der Waals surface area contributed by atoms with E-state index in [-0.39, 0.29) is 0 Å². The van der Waals surface area contributed by atoms with Crippen molar-refractivity contribution in [3.8, 4) is 0 Å². The maximum absolute atomic E-state index is 5.65. The van der Waals surface area contributed by atoms with Crippen molar-refractivity contribution < 1.29 is 0 Å². The standard InChI is InChI=1S/C15H32N2/c1-14(2,9-10-16)7-5-11-17-12-6-8-15(3,4)13-17/h5-13,16H2,1-4H3. The molecule has 0 atom stereocenters. The van der Waals surface area contributed by atoms with Gasteiger partial charge >= 0.3 is 0 Å². The van der Waals surface area contributed by atoms with Gasteiger partial charge in [-0.1, -0.05) is 27.7 Å². The van der Waals surface area contributed by atoms with Crippen molar-refractivity contribution in [1.29, 1.82) is 0 Å². The quantitative estimate of drug-likeness (QED) is 0.772. The van der Waals surface area contributed by atoms with Crippen LogP contribution in [0.2, 0.25) is 0 Å². The van der Waals surface area contributed by atoms with E-state index in [2.05, 4.69) is 32.6 Å². The second-order valence-electron chi connectivity index (χ2n) is 7.35. The fraction of sp³-hybridized carbons (Fsp3) is 1.00. The van der Waals surface area contributed by atoms with Gasteiger partial charge in [-0.15, -0.1) is 0 Å². The molecule has 0 aromatic heterocycles. The Kier molecular flexibility index (Phi) is 5.46. The summed E-state index contributed by atoms with van der Waals surface area (Å²) >= 11 is 0. The summed E-state index contributed by atoms with van der Waals surface area (Å²) in [6.45, 7) is 14.2. The Morgan fingerprint density at radius 3 is 2.53 bits per heavy atom. The van der Waals surface area contributed by atoms with Crippen molar-refractivity contribution in [3.05, 3.63) is 0 Å². The Morgan fingerprint density at radius 1 is 1.24 bits per heavy atom. The van der Waals surface area contributed by atoms with Gasteiger partial charge in [-0.25, -0.2) is 0 Å². The lowest BCUT2D eigenvalue weighted by atomic mass is 9.83. The number of hydrogen-bond donors (Lipinski definition) is 1. The van der Waals surface area contributed by atoms with Crippen molar-refractivity contribution in [2.75, 3.05) is 26.2 Å².